The van der Waals surface area contributed by atoms with Crippen LogP contribution in [0.1, 0.15) is 16.7 Å². The number of guanidine groups is 1. The Hall–Kier alpha value is -2.49. The lowest BCUT2D eigenvalue weighted by Crippen LogP contribution is -2.22. The molecule has 0 spiro atoms. The number of nitrogens with one attached hydrogen (secondary N) is 1. The van der Waals surface area contributed by atoms with Crippen molar-refractivity contribution in [1.29, 1.82) is 0 Å². The van der Waals surface area contributed by atoms with Crippen LogP contribution in [-0.4, -0.2) is 20.1 Å². The number of rotatable bonds is 4. The standard InChI is InChI=1S/C18H24N4/c1-13-6-9-16(10-7-13)21-18(19)20-12-15-8-5-14(2)11-17(15)22(3)4/h5-11H,12H2,1-4H3,(H3,19,20,21). The van der Waals surface area contributed by atoms with Crippen LogP contribution in [0.15, 0.2) is 47.5 Å². The fourth-order valence-corrected chi connectivity index (χ4v) is 2.22. The van der Waals surface area contributed by atoms with Crippen molar-refractivity contribution >= 4 is 17.3 Å². The molecule has 0 bridgehead atoms. The van der Waals surface area contributed by atoms with Crippen LogP contribution in [0.25, 0.3) is 0 Å². The molecule has 22 heavy (non-hydrogen) atoms. The Morgan fingerprint density at radius 1 is 1.05 bits per heavy atom. The Balaban J connectivity index is 2.09. The number of aliphatic imine (C=N–C) groups is 1. The summed E-state index contributed by atoms with van der Waals surface area (Å²) in [5.41, 5.74) is 11.7. The second kappa shape index (κ2) is 6.98. The van der Waals surface area contributed by atoms with Crippen LogP contribution in [-0.2, 0) is 6.54 Å². The molecule has 3 N–H and O–H groups in total. The summed E-state index contributed by atoms with van der Waals surface area (Å²) in [7, 11) is 4.08. The molecular weight excluding hydrogens is 272 g/mol. The van der Waals surface area contributed by atoms with E-state index in [0.717, 1.165) is 11.3 Å². The molecule has 0 unspecified atom stereocenters. The van der Waals surface area contributed by atoms with E-state index in [1.165, 1.54) is 16.8 Å². The first-order chi connectivity index (χ1) is 10.5. The topological polar surface area (TPSA) is 53.6 Å². The van der Waals surface area contributed by atoms with Gasteiger partial charge in [0.25, 0.3) is 0 Å². The maximum atomic E-state index is 5.97. The highest BCUT2D eigenvalue weighted by atomic mass is 15.1. The first-order valence-electron chi connectivity index (χ1n) is 7.36. The predicted octanol–water partition coefficient (Wildman–Crippen LogP) is 3.30. The molecule has 0 heterocycles. The summed E-state index contributed by atoms with van der Waals surface area (Å²) in [6.45, 7) is 4.70. The van der Waals surface area contributed by atoms with Crippen LogP contribution in [0.5, 0.6) is 0 Å². The highest BCUT2D eigenvalue weighted by Gasteiger charge is 2.04. The zero-order chi connectivity index (χ0) is 16.1. The number of benzene rings is 2. The first-order valence-corrected chi connectivity index (χ1v) is 7.36. The summed E-state index contributed by atoms with van der Waals surface area (Å²) in [6.07, 6.45) is 0. The van der Waals surface area contributed by atoms with Crippen molar-refractivity contribution in [3.8, 4) is 0 Å². The maximum Gasteiger partial charge on any atom is 0.193 e. The lowest BCUT2D eigenvalue weighted by molar-refractivity contribution is 1.02. The van der Waals surface area contributed by atoms with Gasteiger partial charge in [-0.05, 0) is 43.2 Å². The predicted molar refractivity (Wildman–Crippen MR) is 95.6 cm³/mol. The zero-order valence-corrected chi connectivity index (χ0v) is 13.7. The van der Waals surface area contributed by atoms with E-state index in [1.54, 1.807) is 0 Å². The Bertz CT molecular complexity index is 657. The van der Waals surface area contributed by atoms with Crippen LogP contribution in [0, 0.1) is 13.8 Å². The van der Waals surface area contributed by atoms with Crippen molar-refractivity contribution in [3.63, 3.8) is 0 Å². The number of hydrogen-bond donors (Lipinski definition) is 2. The summed E-state index contributed by atoms with van der Waals surface area (Å²) >= 11 is 0. The van der Waals surface area contributed by atoms with Crippen molar-refractivity contribution in [1.82, 2.24) is 0 Å². The second-order valence-corrected chi connectivity index (χ2v) is 5.72. The van der Waals surface area contributed by atoms with Crippen LogP contribution in [0.3, 0.4) is 0 Å². The minimum absolute atomic E-state index is 0.425. The Labute approximate surface area is 132 Å². The summed E-state index contributed by atoms with van der Waals surface area (Å²) < 4.78 is 0. The molecule has 0 aliphatic heterocycles. The van der Waals surface area contributed by atoms with Crippen molar-refractivity contribution in [3.05, 3.63) is 59.2 Å². The largest absolute Gasteiger partial charge is 0.377 e. The zero-order valence-electron chi connectivity index (χ0n) is 13.7. The number of anilines is 2. The average molecular weight is 296 g/mol. The number of nitrogens with two attached hydrogens (primary N) is 1. The molecule has 0 saturated heterocycles. The number of nitrogens with zero attached hydrogens (tertiary/aromatic N) is 2. The van der Waals surface area contributed by atoms with Gasteiger partial charge in [0.1, 0.15) is 0 Å². The second-order valence-electron chi connectivity index (χ2n) is 5.72. The summed E-state index contributed by atoms with van der Waals surface area (Å²) in [5, 5.41) is 3.11. The van der Waals surface area contributed by atoms with Gasteiger partial charge in [-0.25, -0.2) is 4.99 Å². The lowest BCUT2D eigenvalue weighted by Gasteiger charge is -2.17. The van der Waals surface area contributed by atoms with Crippen molar-refractivity contribution < 1.29 is 0 Å². The van der Waals surface area contributed by atoms with Gasteiger partial charge in [0.05, 0.1) is 6.54 Å². The molecule has 0 aliphatic rings. The first kappa shape index (κ1) is 15.9. The SMILES string of the molecule is Cc1ccc(NC(N)=NCc2ccc(C)cc2N(C)C)cc1. The normalized spacial score (nSPS) is 11.4. The van der Waals surface area contributed by atoms with Gasteiger partial charge in [-0.3, -0.25) is 0 Å². The Kier molecular flexibility index (Phi) is 5.04. The van der Waals surface area contributed by atoms with Gasteiger partial charge in [-0.1, -0.05) is 29.8 Å². The number of aryl methyl sites for hydroxylation is 2. The fourth-order valence-electron chi connectivity index (χ4n) is 2.22. The van der Waals surface area contributed by atoms with E-state index in [0.29, 0.717) is 12.5 Å². The smallest absolute Gasteiger partial charge is 0.193 e. The molecule has 0 aliphatic carbocycles. The van der Waals surface area contributed by atoms with Crippen LogP contribution in [0.2, 0.25) is 0 Å². The molecule has 0 amide bonds. The third-order valence-corrected chi connectivity index (χ3v) is 3.47. The van der Waals surface area contributed by atoms with Gasteiger partial charge in [0, 0.05) is 25.5 Å². The molecule has 0 aromatic heterocycles. The molecule has 0 atom stereocenters. The van der Waals surface area contributed by atoms with Gasteiger partial charge >= 0.3 is 0 Å². The van der Waals surface area contributed by atoms with E-state index in [9.17, 15) is 0 Å². The summed E-state index contributed by atoms with van der Waals surface area (Å²) in [6, 6.07) is 14.4. The highest BCUT2D eigenvalue weighted by Crippen LogP contribution is 2.21. The molecule has 2 rings (SSSR count). The van der Waals surface area contributed by atoms with Gasteiger partial charge in [0.15, 0.2) is 5.96 Å². The molecule has 4 nitrogen and oxygen atoms in total. The van der Waals surface area contributed by atoms with E-state index in [4.69, 9.17) is 5.73 Å². The van der Waals surface area contributed by atoms with Crippen molar-refractivity contribution in [2.24, 2.45) is 10.7 Å². The quantitative estimate of drug-likeness (QED) is 0.672. The summed E-state index contributed by atoms with van der Waals surface area (Å²) in [5.74, 6) is 0.425. The molecule has 0 fully saturated rings. The molecule has 116 valence electrons. The van der Waals surface area contributed by atoms with Crippen LogP contribution >= 0.6 is 0 Å². The van der Waals surface area contributed by atoms with Crippen molar-refractivity contribution in [2.75, 3.05) is 24.3 Å². The molecule has 2 aromatic carbocycles. The number of hydrogen-bond acceptors (Lipinski definition) is 2. The van der Waals surface area contributed by atoms with Gasteiger partial charge < -0.3 is 16.0 Å². The van der Waals surface area contributed by atoms with Crippen LogP contribution < -0.4 is 16.0 Å². The molecule has 2 aromatic rings. The van der Waals surface area contributed by atoms with E-state index in [1.807, 2.05) is 38.4 Å². The van der Waals surface area contributed by atoms with Crippen LogP contribution in [0.4, 0.5) is 11.4 Å². The fraction of sp³-hybridized carbons (Fsp3) is 0.278. The molecule has 4 heteroatoms. The van der Waals surface area contributed by atoms with Gasteiger partial charge in [-0.15, -0.1) is 0 Å². The van der Waals surface area contributed by atoms with Gasteiger partial charge in [-0.2, -0.15) is 0 Å². The Morgan fingerprint density at radius 3 is 2.32 bits per heavy atom. The third-order valence-electron chi connectivity index (χ3n) is 3.47. The third kappa shape index (κ3) is 4.25. The molecule has 0 saturated carbocycles. The van der Waals surface area contributed by atoms with Crippen molar-refractivity contribution in [2.45, 2.75) is 20.4 Å². The monoisotopic (exact) mass is 296 g/mol. The molecule has 0 radical (unpaired) electrons. The summed E-state index contributed by atoms with van der Waals surface area (Å²) in [4.78, 5) is 6.54. The maximum absolute atomic E-state index is 5.97. The minimum Gasteiger partial charge on any atom is -0.377 e. The van der Waals surface area contributed by atoms with E-state index >= 15 is 0 Å². The molecular formula is C18H24N4. The lowest BCUT2D eigenvalue weighted by atomic mass is 10.1. The Morgan fingerprint density at radius 2 is 1.68 bits per heavy atom. The van der Waals surface area contributed by atoms with E-state index in [2.05, 4.69) is 47.3 Å². The van der Waals surface area contributed by atoms with Gasteiger partial charge in [0.2, 0.25) is 0 Å². The minimum atomic E-state index is 0.425. The van der Waals surface area contributed by atoms with E-state index in [-0.39, 0.29) is 0 Å². The van der Waals surface area contributed by atoms with E-state index < -0.39 is 0 Å². The highest BCUT2D eigenvalue weighted by molar-refractivity contribution is 5.92. The average Bonchev–Trinajstić information content (AvgIpc) is 2.48.